The van der Waals surface area contributed by atoms with Crippen molar-refractivity contribution >= 4 is 5.96 Å². The van der Waals surface area contributed by atoms with E-state index in [0.29, 0.717) is 18.0 Å². The maximum Gasteiger partial charge on any atom is 0.189 e. The maximum absolute atomic E-state index is 5.82. The molecule has 0 aromatic carbocycles. The lowest BCUT2D eigenvalue weighted by atomic mass is 9.96. The van der Waals surface area contributed by atoms with Crippen molar-refractivity contribution in [1.29, 1.82) is 0 Å². The number of hydrogen-bond donors (Lipinski definition) is 2. The molecule has 0 saturated heterocycles. The Balaban J connectivity index is 2.33. The van der Waals surface area contributed by atoms with Gasteiger partial charge in [-0.25, -0.2) is 0 Å². The van der Waals surface area contributed by atoms with E-state index < -0.39 is 0 Å². The number of nitrogens with one attached hydrogen (secondary N) is 1. The number of nitrogens with two attached hydrogens (primary N) is 1. The van der Waals surface area contributed by atoms with Gasteiger partial charge in [-0.2, -0.15) is 0 Å². The molecule has 82 valence electrons. The zero-order chi connectivity index (χ0) is 10.4. The molecule has 0 spiro atoms. The van der Waals surface area contributed by atoms with Gasteiger partial charge in [-0.3, -0.25) is 4.99 Å². The Kier molecular flexibility index (Phi) is 4.77. The highest BCUT2D eigenvalue weighted by atomic mass is 15.1. The quantitative estimate of drug-likeness (QED) is 0.537. The normalized spacial score (nSPS) is 22.0. The third-order valence-electron chi connectivity index (χ3n) is 2.90. The van der Waals surface area contributed by atoms with Gasteiger partial charge in [0.15, 0.2) is 5.96 Å². The highest BCUT2D eigenvalue weighted by Gasteiger charge is 2.12. The van der Waals surface area contributed by atoms with E-state index in [1.54, 1.807) is 0 Å². The van der Waals surface area contributed by atoms with Gasteiger partial charge in [-0.05, 0) is 26.2 Å². The van der Waals surface area contributed by atoms with E-state index in [4.69, 9.17) is 5.73 Å². The molecule has 0 amide bonds. The van der Waals surface area contributed by atoms with E-state index in [1.807, 2.05) is 0 Å². The molecule has 0 bridgehead atoms. The van der Waals surface area contributed by atoms with Gasteiger partial charge in [-0.15, -0.1) is 0 Å². The lowest BCUT2D eigenvalue weighted by Crippen LogP contribution is -2.39. The Hall–Kier alpha value is -0.730. The molecule has 1 aliphatic rings. The van der Waals surface area contributed by atoms with Crippen molar-refractivity contribution in [2.75, 3.05) is 0 Å². The average Bonchev–Trinajstić information content (AvgIpc) is 2.19. The number of rotatable bonds is 3. The van der Waals surface area contributed by atoms with Gasteiger partial charge in [0.2, 0.25) is 0 Å². The van der Waals surface area contributed by atoms with Gasteiger partial charge in [0.25, 0.3) is 0 Å². The summed E-state index contributed by atoms with van der Waals surface area (Å²) in [7, 11) is 0. The fourth-order valence-corrected chi connectivity index (χ4v) is 1.80. The smallest absolute Gasteiger partial charge is 0.189 e. The Labute approximate surface area is 87.2 Å². The van der Waals surface area contributed by atoms with Crippen LogP contribution in [0.25, 0.3) is 0 Å². The first kappa shape index (κ1) is 11.3. The van der Waals surface area contributed by atoms with Crippen LogP contribution in [-0.4, -0.2) is 18.0 Å². The van der Waals surface area contributed by atoms with Gasteiger partial charge in [0.1, 0.15) is 0 Å². The second-order valence-corrected chi connectivity index (χ2v) is 4.26. The first-order chi connectivity index (χ1) is 6.72. The molecule has 1 fully saturated rings. The predicted octanol–water partition coefficient (Wildman–Crippen LogP) is 2.02. The number of guanidine groups is 1. The van der Waals surface area contributed by atoms with Crippen molar-refractivity contribution in [3.63, 3.8) is 0 Å². The molecule has 1 aliphatic carbocycles. The van der Waals surface area contributed by atoms with Gasteiger partial charge < -0.3 is 11.1 Å². The largest absolute Gasteiger partial charge is 0.370 e. The summed E-state index contributed by atoms with van der Waals surface area (Å²) in [5.74, 6) is 0.631. The molecule has 1 saturated carbocycles. The van der Waals surface area contributed by atoms with Crippen LogP contribution >= 0.6 is 0 Å². The van der Waals surface area contributed by atoms with Crippen LogP contribution in [0.2, 0.25) is 0 Å². The summed E-state index contributed by atoms with van der Waals surface area (Å²) < 4.78 is 0. The summed E-state index contributed by atoms with van der Waals surface area (Å²) in [4.78, 5) is 4.51. The summed E-state index contributed by atoms with van der Waals surface area (Å²) in [6.45, 7) is 4.27. The molecule has 14 heavy (non-hydrogen) atoms. The summed E-state index contributed by atoms with van der Waals surface area (Å²) in [5, 5.41) is 3.20. The highest BCUT2D eigenvalue weighted by molar-refractivity contribution is 5.78. The van der Waals surface area contributed by atoms with Crippen LogP contribution in [0, 0.1) is 0 Å². The van der Waals surface area contributed by atoms with Gasteiger partial charge in [-0.1, -0.05) is 26.2 Å². The third-order valence-corrected chi connectivity index (χ3v) is 2.90. The van der Waals surface area contributed by atoms with Crippen LogP contribution in [0.3, 0.4) is 0 Å². The van der Waals surface area contributed by atoms with E-state index >= 15 is 0 Å². The molecule has 0 radical (unpaired) electrons. The second-order valence-electron chi connectivity index (χ2n) is 4.26. The van der Waals surface area contributed by atoms with Gasteiger partial charge >= 0.3 is 0 Å². The zero-order valence-corrected chi connectivity index (χ0v) is 9.42. The summed E-state index contributed by atoms with van der Waals surface area (Å²) in [6, 6.07) is 0.905. The monoisotopic (exact) mass is 197 g/mol. The fraction of sp³-hybridized carbons (Fsp3) is 0.909. The van der Waals surface area contributed by atoms with E-state index in [2.05, 4.69) is 24.2 Å². The lowest BCUT2D eigenvalue weighted by Gasteiger charge is -2.19. The predicted molar refractivity (Wildman–Crippen MR) is 61.4 cm³/mol. The van der Waals surface area contributed by atoms with E-state index in [1.165, 1.54) is 32.1 Å². The van der Waals surface area contributed by atoms with Gasteiger partial charge in [0.05, 0.1) is 6.04 Å². The van der Waals surface area contributed by atoms with Crippen LogP contribution in [0.15, 0.2) is 4.99 Å². The molecule has 3 N–H and O–H groups in total. The van der Waals surface area contributed by atoms with Gasteiger partial charge in [0, 0.05) is 6.04 Å². The molecule has 1 atom stereocenters. The minimum absolute atomic E-state index is 0.433. The third kappa shape index (κ3) is 3.99. The summed E-state index contributed by atoms with van der Waals surface area (Å²) >= 11 is 0. The molecule has 3 heteroatoms. The molecule has 0 aliphatic heterocycles. The SMILES string of the molecule is CCC(C)NC(N)=NC1CCCCC1. The number of aliphatic imine (C=N–C) groups is 1. The zero-order valence-electron chi connectivity index (χ0n) is 9.42. The molecule has 3 nitrogen and oxygen atoms in total. The molecule has 1 unspecified atom stereocenters. The molecule has 0 heterocycles. The first-order valence-electron chi connectivity index (χ1n) is 5.82. The minimum Gasteiger partial charge on any atom is -0.370 e. The minimum atomic E-state index is 0.433. The Bertz CT molecular complexity index is 183. The van der Waals surface area contributed by atoms with E-state index in [-0.39, 0.29) is 0 Å². The second kappa shape index (κ2) is 5.89. The average molecular weight is 197 g/mol. The van der Waals surface area contributed by atoms with Crippen molar-refractivity contribution in [1.82, 2.24) is 5.32 Å². The van der Waals surface area contributed by atoms with Crippen molar-refractivity contribution in [2.45, 2.75) is 64.5 Å². The number of hydrogen-bond acceptors (Lipinski definition) is 1. The van der Waals surface area contributed by atoms with Crippen molar-refractivity contribution in [3.05, 3.63) is 0 Å². The van der Waals surface area contributed by atoms with Crippen molar-refractivity contribution < 1.29 is 0 Å². The molecular weight excluding hydrogens is 174 g/mol. The Morgan fingerprint density at radius 3 is 2.64 bits per heavy atom. The molecule has 1 rings (SSSR count). The first-order valence-corrected chi connectivity index (χ1v) is 5.82. The van der Waals surface area contributed by atoms with Crippen LogP contribution in [0.1, 0.15) is 52.4 Å². The van der Waals surface area contributed by atoms with Crippen LogP contribution in [-0.2, 0) is 0 Å². The van der Waals surface area contributed by atoms with Crippen LogP contribution in [0.5, 0.6) is 0 Å². The fourth-order valence-electron chi connectivity index (χ4n) is 1.80. The van der Waals surface area contributed by atoms with E-state index in [9.17, 15) is 0 Å². The standard InChI is InChI=1S/C11H23N3/c1-3-9(2)13-11(12)14-10-7-5-4-6-8-10/h9-10H,3-8H2,1-2H3,(H3,12,13,14). The maximum atomic E-state index is 5.82. The van der Waals surface area contributed by atoms with Crippen molar-refractivity contribution in [3.8, 4) is 0 Å². The topological polar surface area (TPSA) is 50.4 Å². The summed E-state index contributed by atoms with van der Waals surface area (Å²) in [6.07, 6.45) is 7.49. The number of nitrogens with zero attached hydrogens (tertiary/aromatic N) is 1. The van der Waals surface area contributed by atoms with E-state index in [0.717, 1.165) is 6.42 Å². The molecular formula is C11H23N3. The van der Waals surface area contributed by atoms with Crippen molar-refractivity contribution in [2.24, 2.45) is 10.7 Å². The van der Waals surface area contributed by atoms with Crippen LogP contribution < -0.4 is 11.1 Å². The van der Waals surface area contributed by atoms with Crippen LogP contribution in [0.4, 0.5) is 0 Å². The highest BCUT2D eigenvalue weighted by Crippen LogP contribution is 2.19. The Morgan fingerprint density at radius 2 is 2.07 bits per heavy atom. The lowest BCUT2D eigenvalue weighted by molar-refractivity contribution is 0.441. The Morgan fingerprint density at radius 1 is 1.43 bits per heavy atom. The molecule has 0 aromatic rings. The molecule has 0 aromatic heterocycles. The summed E-state index contributed by atoms with van der Waals surface area (Å²) in [5.41, 5.74) is 5.82.